The third kappa shape index (κ3) is 2.39. The summed E-state index contributed by atoms with van der Waals surface area (Å²) >= 11 is 1.76. The third-order valence-corrected chi connectivity index (χ3v) is 7.11. The number of thiophene rings is 1. The maximum absolute atomic E-state index is 12.7. The van der Waals surface area contributed by atoms with Gasteiger partial charge in [0.25, 0.3) is 0 Å². The molecule has 1 amide bonds. The van der Waals surface area contributed by atoms with Gasteiger partial charge in [0.1, 0.15) is 0 Å². The van der Waals surface area contributed by atoms with E-state index >= 15 is 0 Å². The van der Waals surface area contributed by atoms with Crippen LogP contribution in [0.15, 0.2) is 11.4 Å². The van der Waals surface area contributed by atoms with E-state index in [1.165, 1.54) is 10.4 Å². The molecular weight excluding hydrogens is 294 g/mol. The SMILES string of the molecule is CC[C@H]1c2ccsc2CCN1C(=O)[C@@H]1CCS(=O)(=O)C1. The number of rotatable bonds is 2. The zero-order valence-corrected chi connectivity index (χ0v) is 13.2. The monoisotopic (exact) mass is 313 g/mol. The summed E-state index contributed by atoms with van der Waals surface area (Å²) in [5, 5.41) is 2.08. The van der Waals surface area contributed by atoms with Crippen LogP contribution in [0.1, 0.15) is 36.2 Å². The number of nitrogens with zero attached hydrogens (tertiary/aromatic N) is 1. The minimum atomic E-state index is -3.00. The van der Waals surface area contributed by atoms with Gasteiger partial charge in [-0.25, -0.2) is 8.42 Å². The maximum atomic E-state index is 12.7. The maximum Gasteiger partial charge on any atom is 0.227 e. The summed E-state index contributed by atoms with van der Waals surface area (Å²) in [4.78, 5) is 15.9. The average Bonchev–Trinajstić information content (AvgIpc) is 3.02. The molecule has 2 aliphatic rings. The molecule has 3 heterocycles. The number of sulfone groups is 1. The summed E-state index contributed by atoms with van der Waals surface area (Å²) in [7, 11) is -3.00. The standard InChI is InChI=1S/C14H19NO3S2/c1-2-12-11-4-7-19-13(11)3-6-15(12)14(16)10-5-8-20(17,18)9-10/h4,7,10,12H,2-3,5-6,8-9H2,1H3/t10-,12+/m1/s1. The van der Waals surface area contributed by atoms with Crippen LogP contribution in [0.3, 0.4) is 0 Å². The van der Waals surface area contributed by atoms with E-state index < -0.39 is 9.84 Å². The van der Waals surface area contributed by atoms with Crippen LogP contribution in [-0.2, 0) is 21.1 Å². The summed E-state index contributed by atoms with van der Waals surface area (Å²) in [6, 6.07) is 2.24. The third-order valence-electron chi connectivity index (χ3n) is 4.35. The van der Waals surface area contributed by atoms with Crippen molar-refractivity contribution in [2.45, 2.75) is 32.2 Å². The molecule has 0 aliphatic carbocycles. The fourth-order valence-corrected chi connectivity index (χ4v) is 5.99. The van der Waals surface area contributed by atoms with Crippen LogP contribution in [-0.4, -0.2) is 37.3 Å². The summed E-state index contributed by atoms with van der Waals surface area (Å²) in [5.41, 5.74) is 1.26. The number of carbonyl (C=O) groups is 1. The van der Waals surface area contributed by atoms with Gasteiger partial charge in [-0.1, -0.05) is 6.92 Å². The fourth-order valence-electron chi connectivity index (χ4n) is 3.32. The molecule has 0 bridgehead atoms. The Bertz CT molecular complexity index is 620. The Hall–Kier alpha value is -0.880. The van der Waals surface area contributed by atoms with Crippen molar-refractivity contribution in [2.24, 2.45) is 5.92 Å². The van der Waals surface area contributed by atoms with Gasteiger partial charge in [0.15, 0.2) is 9.84 Å². The fraction of sp³-hybridized carbons (Fsp3) is 0.643. The van der Waals surface area contributed by atoms with Crippen molar-refractivity contribution < 1.29 is 13.2 Å². The molecule has 2 aliphatic heterocycles. The molecule has 0 N–H and O–H groups in total. The Morgan fingerprint density at radius 3 is 2.95 bits per heavy atom. The van der Waals surface area contributed by atoms with E-state index in [2.05, 4.69) is 18.4 Å². The van der Waals surface area contributed by atoms with Crippen LogP contribution in [0.5, 0.6) is 0 Å². The van der Waals surface area contributed by atoms with Gasteiger partial charge in [0, 0.05) is 11.4 Å². The van der Waals surface area contributed by atoms with Crippen molar-refractivity contribution in [3.8, 4) is 0 Å². The molecule has 1 aromatic rings. The first-order valence-corrected chi connectivity index (χ1v) is 9.79. The highest BCUT2D eigenvalue weighted by atomic mass is 32.2. The van der Waals surface area contributed by atoms with Crippen molar-refractivity contribution in [3.63, 3.8) is 0 Å². The molecule has 0 saturated carbocycles. The van der Waals surface area contributed by atoms with Crippen LogP contribution in [0.2, 0.25) is 0 Å². The topological polar surface area (TPSA) is 54.5 Å². The van der Waals surface area contributed by atoms with Crippen LogP contribution < -0.4 is 0 Å². The van der Waals surface area contributed by atoms with E-state index in [-0.39, 0.29) is 29.4 Å². The van der Waals surface area contributed by atoms with E-state index in [1.54, 1.807) is 11.3 Å². The Kier molecular flexibility index (Phi) is 3.62. The molecule has 3 rings (SSSR count). The smallest absolute Gasteiger partial charge is 0.227 e. The minimum absolute atomic E-state index is 0.0368. The van der Waals surface area contributed by atoms with E-state index in [4.69, 9.17) is 0 Å². The van der Waals surface area contributed by atoms with Gasteiger partial charge in [-0.3, -0.25) is 4.79 Å². The van der Waals surface area contributed by atoms with Crippen LogP contribution in [0, 0.1) is 5.92 Å². The predicted octanol–water partition coefficient (Wildman–Crippen LogP) is 2.02. The Morgan fingerprint density at radius 1 is 1.50 bits per heavy atom. The lowest BCUT2D eigenvalue weighted by Crippen LogP contribution is -2.42. The van der Waals surface area contributed by atoms with Gasteiger partial charge in [-0.2, -0.15) is 0 Å². The molecule has 1 saturated heterocycles. The molecule has 4 nitrogen and oxygen atoms in total. The highest BCUT2D eigenvalue weighted by Gasteiger charge is 2.39. The molecule has 110 valence electrons. The molecule has 20 heavy (non-hydrogen) atoms. The number of hydrogen-bond acceptors (Lipinski definition) is 4. The number of carbonyl (C=O) groups excluding carboxylic acids is 1. The van der Waals surface area contributed by atoms with Crippen molar-refractivity contribution in [3.05, 3.63) is 21.9 Å². The van der Waals surface area contributed by atoms with Crippen molar-refractivity contribution >= 4 is 27.1 Å². The van der Waals surface area contributed by atoms with Gasteiger partial charge < -0.3 is 4.90 Å². The molecule has 1 aromatic heterocycles. The van der Waals surface area contributed by atoms with Crippen molar-refractivity contribution in [2.75, 3.05) is 18.1 Å². The quantitative estimate of drug-likeness (QED) is 0.839. The first-order valence-electron chi connectivity index (χ1n) is 7.09. The second-order valence-corrected chi connectivity index (χ2v) is 8.83. The van der Waals surface area contributed by atoms with Gasteiger partial charge in [0.05, 0.1) is 23.5 Å². The molecule has 0 unspecified atom stereocenters. The van der Waals surface area contributed by atoms with Gasteiger partial charge in [0.2, 0.25) is 5.91 Å². The second-order valence-electron chi connectivity index (χ2n) is 5.60. The normalized spacial score (nSPS) is 28.4. The summed E-state index contributed by atoms with van der Waals surface area (Å²) in [6.45, 7) is 2.81. The molecular formula is C14H19NO3S2. The van der Waals surface area contributed by atoms with E-state index in [1.807, 2.05) is 4.90 Å². The first kappa shape index (κ1) is 14.1. The summed E-state index contributed by atoms with van der Waals surface area (Å²) < 4.78 is 23.1. The predicted molar refractivity (Wildman–Crippen MR) is 79.5 cm³/mol. The first-order chi connectivity index (χ1) is 9.52. The lowest BCUT2D eigenvalue weighted by molar-refractivity contribution is -0.137. The molecule has 6 heteroatoms. The van der Waals surface area contributed by atoms with E-state index in [9.17, 15) is 13.2 Å². The lowest BCUT2D eigenvalue weighted by Gasteiger charge is -2.36. The summed E-state index contributed by atoms with van der Waals surface area (Å²) in [6.07, 6.45) is 2.27. The average molecular weight is 313 g/mol. The van der Waals surface area contributed by atoms with Crippen LogP contribution in [0.25, 0.3) is 0 Å². The van der Waals surface area contributed by atoms with Crippen molar-refractivity contribution in [1.82, 2.24) is 4.90 Å². The minimum Gasteiger partial charge on any atom is -0.335 e. The molecule has 1 fully saturated rings. The van der Waals surface area contributed by atoms with E-state index in [0.29, 0.717) is 6.42 Å². The second kappa shape index (κ2) is 5.15. The van der Waals surface area contributed by atoms with Crippen LogP contribution >= 0.6 is 11.3 Å². The molecule has 2 atom stereocenters. The Balaban J connectivity index is 1.82. The molecule has 0 aromatic carbocycles. The largest absolute Gasteiger partial charge is 0.335 e. The summed E-state index contributed by atoms with van der Waals surface area (Å²) in [5.74, 6) is -0.0866. The Morgan fingerprint density at radius 2 is 2.30 bits per heavy atom. The number of fused-ring (bicyclic) bond motifs is 1. The molecule has 0 spiro atoms. The number of amides is 1. The van der Waals surface area contributed by atoms with E-state index in [0.717, 1.165) is 19.4 Å². The zero-order valence-electron chi connectivity index (χ0n) is 11.5. The van der Waals surface area contributed by atoms with Gasteiger partial charge >= 0.3 is 0 Å². The van der Waals surface area contributed by atoms with Gasteiger partial charge in [-0.05, 0) is 36.3 Å². The molecule has 0 radical (unpaired) electrons. The zero-order chi connectivity index (χ0) is 14.3. The lowest BCUT2D eigenvalue weighted by atomic mass is 9.95. The van der Waals surface area contributed by atoms with Crippen molar-refractivity contribution in [1.29, 1.82) is 0 Å². The highest BCUT2D eigenvalue weighted by molar-refractivity contribution is 7.91. The number of hydrogen-bond donors (Lipinski definition) is 0. The Labute approximate surface area is 123 Å². The highest BCUT2D eigenvalue weighted by Crippen LogP contribution is 2.36. The van der Waals surface area contributed by atoms with Crippen LogP contribution in [0.4, 0.5) is 0 Å². The van der Waals surface area contributed by atoms with Gasteiger partial charge in [-0.15, -0.1) is 11.3 Å².